The van der Waals surface area contributed by atoms with Crippen LogP contribution in [0, 0.1) is 5.92 Å². The van der Waals surface area contributed by atoms with E-state index in [4.69, 9.17) is 13.3 Å². The third-order valence-corrected chi connectivity index (χ3v) is 6.73. The van der Waals surface area contributed by atoms with Crippen LogP contribution in [-0.2, 0) is 22.9 Å². The van der Waals surface area contributed by atoms with Gasteiger partial charge in [0.25, 0.3) is 0 Å². The standard InChI is InChI=1S/C14H28O5Si/c1-7-17-20(18-8-2,19-9-3)11(4)10-14(12(5)15)13(6)16/h11,14H,7-10H2,1-6H3. The molecular weight excluding hydrogens is 276 g/mol. The monoisotopic (exact) mass is 304 g/mol. The molecule has 0 rings (SSSR count). The minimum atomic E-state index is -2.86. The Morgan fingerprint density at radius 3 is 1.50 bits per heavy atom. The van der Waals surface area contributed by atoms with Crippen molar-refractivity contribution in [3.05, 3.63) is 0 Å². The van der Waals surface area contributed by atoms with Crippen molar-refractivity contribution in [2.75, 3.05) is 19.8 Å². The molecule has 0 aromatic carbocycles. The fourth-order valence-corrected chi connectivity index (χ4v) is 5.11. The SMILES string of the molecule is CCO[Si](OCC)(OCC)C(C)CC(C(C)=O)C(C)=O. The lowest BCUT2D eigenvalue weighted by Crippen LogP contribution is -2.50. The first kappa shape index (κ1) is 19.4. The summed E-state index contributed by atoms with van der Waals surface area (Å²) in [6.07, 6.45) is 0.414. The fourth-order valence-electron chi connectivity index (χ4n) is 2.27. The first-order valence-corrected chi connectivity index (χ1v) is 9.07. The fraction of sp³-hybridized carbons (Fsp3) is 0.857. The average molecular weight is 304 g/mol. The minimum absolute atomic E-state index is 0.0971. The number of Topliss-reactive ketones (excluding diaryl/α,β-unsaturated/α-hetero) is 2. The van der Waals surface area contributed by atoms with Crippen molar-refractivity contribution >= 4 is 20.4 Å². The average Bonchev–Trinajstić information content (AvgIpc) is 2.35. The highest BCUT2D eigenvalue weighted by Crippen LogP contribution is 2.32. The molecule has 0 heterocycles. The summed E-state index contributed by atoms with van der Waals surface area (Å²) < 4.78 is 17.4. The summed E-state index contributed by atoms with van der Waals surface area (Å²) in [6.45, 7) is 12.0. The molecule has 0 amide bonds. The second-order valence-corrected chi connectivity index (χ2v) is 7.87. The molecule has 0 fully saturated rings. The van der Waals surface area contributed by atoms with E-state index in [1.165, 1.54) is 13.8 Å². The van der Waals surface area contributed by atoms with E-state index in [-0.39, 0.29) is 17.1 Å². The van der Waals surface area contributed by atoms with E-state index in [1.807, 2.05) is 27.7 Å². The van der Waals surface area contributed by atoms with Gasteiger partial charge in [0.15, 0.2) is 0 Å². The molecule has 0 spiro atoms. The number of carbonyl (C=O) groups is 2. The highest BCUT2D eigenvalue weighted by atomic mass is 28.4. The Kier molecular flexibility index (Phi) is 9.12. The van der Waals surface area contributed by atoms with Crippen molar-refractivity contribution in [2.24, 2.45) is 5.92 Å². The van der Waals surface area contributed by atoms with Crippen LogP contribution in [0.1, 0.15) is 48.0 Å². The molecule has 0 saturated heterocycles. The number of hydrogen-bond donors (Lipinski definition) is 0. The van der Waals surface area contributed by atoms with Crippen molar-refractivity contribution in [1.82, 2.24) is 0 Å². The zero-order valence-corrected chi connectivity index (χ0v) is 14.5. The Balaban J connectivity index is 5.13. The molecule has 20 heavy (non-hydrogen) atoms. The summed E-state index contributed by atoms with van der Waals surface area (Å²) in [5, 5.41) is 0. The molecule has 1 atom stereocenters. The maximum atomic E-state index is 11.6. The topological polar surface area (TPSA) is 61.8 Å². The van der Waals surface area contributed by atoms with Crippen LogP contribution in [0.4, 0.5) is 0 Å². The molecule has 0 aromatic heterocycles. The molecule has 0 bridgehead atoms. The van der Waals surface area contributed by atoms with Gasteiger partial charge >= 0.3 is 8.80 Å². The van der Waals surface area contributed by atoms with Crippen molar-refractivity contribution in [3.63, 3.8) is 0 Å². The van der Waals surface area contributed by atoms with Gasteiger partial charge < -0.3 is 13.3 Å². The molecule has 0 N–H and O–H groups in total. The lowest BCUT2D eigenvalue weighted by molar-refractivity contribution is -0.130. The Hall–Kier alpha value is -0.563. The van der Waals surface area contributed by atoms with E-state index in [0.29, 0.717) is 26.2 Å². The lowest BCUT2D eigenvalue weighted by Gasteiger charge is -2.34. The molecule has 0 saturated carbocycles. The van der Waals surface area contributed by atoms with E-state index in [9.17, 15) is 9.59 Å². The summed E-state index contributed by atoms with van der Waals surface area (Å²) in [6, 6.07) is 0. The third-order valence-electron chi connectivity index (χ3n) is 3.21. The highest BCUT2D eigenvalue weighted by Gasteiger charge is 2.48. The molecule has 5 nitrogen and oxygen atoms in total. The predicted molar refractivity (Wildman–Crippen MR) is 79.5 cm³/mol. The summed E-state index contributed by atoms with van der Waals surface area (Å²) in [5.41, 5.74) is -0.0971. The van der Waals surface area contributed by atoms with Gasteiger partial charge in [-0.1, -0.05) is 6.92 Å². The summed E-state index contributed by atoms with van der Waals surface area (Å²) in [7, 11) is -2.86. The Morgan fingerprint density at radius 1 is 0.900 bits per heavy atom. The maximum absolute atomic E-state index is 11.6. The van der Waals surface area contributed by atoms with Crippen LogP contribution in [0.15, 0.2) is 0 Å². The molecule has 0 aliphatic heterocycles. The van der Waals surface area contributed by atoms with Crippen molar-refractivity contribution in [3.8, 4) is 0 Å². The largest absolute Gasteiger partial charge is 0.503 e. The van der Waals surface area contributed by atoms with Gasteiger partial charge in [-0.05, 0) is 41.0 Å². The minimum Gasteiger partial charge on any atom is -0.374 e. The third kappa shape index (κ3) is 5.44. The Labute approximate surface area is 123 Å². The second-order valence-electron chi connectivity index (χ2n) is 4.81. The molecule has 0 aromatic rings. The van der Waals surface area contributed by atoms with Crippen molar-refractivity contribution in [2.45, 2.75) is 53.5 Å². The Bertz CT molecular complexity index is 288. The number of hydrogen-bond acceptors (Lipinski definition) is 5. The van der Waals surface area contributed by atoms with Crippen LogP contribution in [0.25, 0.3) is 0 Å². The van der Waals surface area contributed by atoms with Crippen LogP contribution in [0.3, 0.4) is 0 Å². The van der Waals surface area contributed by atoms with E-state index >= 15 is 0 Å². The quantitative estimate of drug-likeness (QED) is 0.434. The van der Waals surface area contributed by atoms with E-state index in [1.54, 1.807) is 0 Å². The first-order chi connectivity index (χ1) is 9.34. The van der Waals surface area contributed by atoms with E-state index < -0.39 is 14.7 Å². The van der Waals surface area contributed by atoms with Crippen LogP contribution >= 0.6 is 0 Å². The first-order valence-electron chi connectivity index (χ1n) is 7.27. The summed E-state index contributed by atoms with van der Waals surface area (Å²) in [4.78, 5) is 23.2. The highest BCUT2D eigenvalue weighted by molar-refractivity contribution is 6.62. The zero-order chi connectivity index (χ0) is 15.8. The van der Waals surface area contributed by atoms with Crippen LogP contribution in [0.5, 0.6) is 0 Å². The zero-order valence-electron chi connectivity index (χ0n) is 13.5. The predicted octanol–water partition coefficient (Wildman–Crippen LogP) is 2.61. The molecule has 6 heteroatoms. The smallest absolute Gasteiger partial charge is 0.374 e. The van der Waals surface area contributed by atoms with Gasteiger partial charge in [-0.3, -0.25) is 9.59 Å². The number of rotatable bonds is 11. The van der Waals surface area contributed by atoms with Gasteiger partial charge in [0.1, 0.15) is 11.6 Å². The van der Waals surface area contributed by atoms with Gasteiger partial charge in [0.2, 0.25) is 0 Å². The second kappa shape index (κ2) is 9.39. The van der Waals surface area contributed by atoms with Gasteiger partial charge in [-0.2, -0.15) is 0 Å². The maximum Gasteiger partial charge on any atom is 0.503 e. The van der Waals surface area contributed by atoms with Gasteiger partial charge in [-0.25, -0.2) is 0 Å². The van der Waals surface area contributed by atoms with Gasteiger partial charge in [0, 0.05) is 25.4 Å². The normalized spacial score (nSPS) is 13.6. The van der Waals surface area contributed by atoms with Crippen molar-refractivity contribution in [1.29, 1.82) is 0 Å². The van der Waals surface area contributed by atoms with Crippen LogP contribution < -0.4 is 0 Å². The Morgan fingerprint density at radius 2 is 1.25 bits per heavy atom. The molecule has 0 radical (unpaired) electrons. The van der Waals surface area contributed by atoms with E-state index in [0.717, 1.165) is 0 Å². The summed E-state index contributed by atoms with van der Waals surface area (Å²) in [5.74, 6) is -0.827. The van der Waals surface area contributed by atoms with Crippen LogP contribution in [-0.4, -0.2) is 40.2 Å². The van der Waals surface area contributed by atoms with Crippen LogP contribution in [0.2, 0.25) is 5.54 Å². The molecule has 0 aliphatic rings. The van der Waals surface area contributed by atoms with E-state index in [2.05, 4.69) is 0 Å². The lowest BCUT2D eigenvalue weighted by atomic mass is 9.95. The molecule has 118 valence electrons. The summed E-state index contributed by atoms with van der Waals surface area (Å²) >= 11 is 0. The molecule has 0 aliphatic carbocycles. The van der Waals surface area contributed by atoms with Gasteiger partial charge in [-0.15, -0.1) is 0 Å². The van der Waals surface area contributed by atoms with Gasteiger partial charge in [0.05, 0.1) is 5.92 Å². The molecule has 1 unspecified atom stereocenters. The molecular formula is C14H28O5Si. The number of ketones is 2. The number of carbonyl (C=O) groups excluding carboxylic acids is 2. The van der Waals surface area contributed by atoms with Crippen molar-refractivity contribution < 1.29 is 22.9 Å².